The first-order chi connectivity index (χ1) is 9.92. The molecule has 1 aromatic carbocycles. The molecular formula is C13H20ClN3O4S. The number of hydrogen-bond donors (Lipinski definition) is 2. The lowest BCUT2D eigenvalue weighted by atomic mass is 10.1. The quantitative estimate of drug-likeness (QED) is 0.600. The lowest BCUT2D eigenvalue weighted by Crippen LogP contribution is -2.27. The van der Waals surface area contributed by atoms with E-state index in [-0.39, 0.29) is 28.6 Å². The van der Waals surface area contributed by atoms with Crippen molar-refractivity contribution in [3.63, 3.8) is 0 Å². The first-order valence-corrected chi connectivity index (χ1v) is 8.34. The fraction of sp³-hybridized carbons (Fsp3) is 0.538. The van der Waals surface area contributed by atoms with E-state index in [1.54, 1.807) is 0 Å². The molecule has 1 aliphatic rings. The number of nitro groups is 1. The highest BCUT2D eigenvalue weighted by atomic mass is 35.5. The molecule has 2 N–H and O–H groups in total. The number of benzene rings is 1. The Bertz CT molecular complexity index is 630. The van der Waals surface area contributed by atoms with E-state index in [1.807, 2.05) is 0 Å². The number of nitrogens with zero attached hydrogens (tertiary/aromatic N) is 1. The minimum atomic E-state index is -3.71. The fourth-order valence-corrected chi connectivity index (χ4v) is 3.84. The summed E-state index contributed by atoms with van der Waals surface area (Å²) >= 11 is 0. The van der Waals surface area contributed by atoms with Gasteiger partial charge in [0.1, 0.15) is 0 Å². The summed E-state index contributed by atoms with van der Waals surface area (Å²) < 4.78 is 27.0. The second-order valence-corrected chi connectivity index (χ2v) is 6.94. The number of sulfonamides is 1. The van der Waals surface area contributed by atoms with Gasteiger partial charge in [-0.1, -0.05) is 6.07 Å². The van der Waals surface area contributed by atoms with E-state index < -0.39 is 14.9 Å². The van der Waals surface area contributed by atoms with Crippen LogP contribution in [0.3, 0.4) is 0 Å². The van der Waals surface area contributed by atoms with Gasteiger partial charge in [0.25, 0.3) is 5.69 Å². The maximum atomic E-state index is 12.3. The maximum Gasteiger partial charge on any atom is 0.273 e. The molecule has 1 unspecified atom stereocenters. The summed E-state index contributed by atoms with van der Waals surface area (Å²) in [5.74, 6) is 0.485. The van der Waals surface area contributed by atoms with Gasteiger partial charge in [0.05, 0.1) is 9.82 Å². The second-order valence-electron chi connectivity index (χ2n) is 5.20. The van der Waals surface area contributed by atoms with Crippen molar-refractivity contribution in [2.75, 3.05) is 19.6 Å². The molecule has 2 rings (SSSR count). The monoisotopic (exact) mass is 349 g/mol. The Morgan fingerprint density at radius 2 is 2.18 bits per heavy atom. The standard InChI is InChI=1S/C13H19N3O4S.ClH/c1-10-12(16(17)18)3-2-4-13(10)21(19,20)15-8-6-11-5-7-14-9-11;/h2-4,11,14-15H,5-9H2,1H3;1H. The van der Waals surface area contributed by atoms with Crippen LogP contribution < -0.4 is 10.0 Å². The van der Waals surface area contributed by atoms with E-state index in [2.05, 4.69) is 10.0 Å². The highest BCUT2D eigenvalue weighted by Crippen LogP contribution is 2.24. The summed E-state index contributed by atoms with van der Waals surface area (Å²) in [6.07, 6.45) is 1.82. The van der Waals surface area contributed by atoms with Crippen molar-refractivity contribution in [3.05, 3.63) is 33.9 Å². The molecule has 1 aliphatic heterocycles. The van der Waals surface area contributed by atoms with Crippen molar-refractivity contribution in [3.8, 4) is 0 Å². The third-order valence-electron chi connectivity index (χ3n) is 3.75. The van der Waals surface area contributed by atoms with Crippen LogP contribution in [0.1, 0.15) is 18.4 Å². The number of halogens is 1. The molecule has 1 fully saturated rings. The first kappa shape index (κ1) is 18.8. The Balaban J connectivity index is 0.00000242. The highest BCUT2D eigenvalue weighted by molar-refractivity contribution is 7.89. The zero-order valence-corrected chi connectivity index (χ0v) is 13.9. The van der Waals surface area contributed by atoms with Gasteiger partial charge in [0.2, 0.25) is 10.0 Å². The van der Waals surface area contributed by atoms with Crippen LogP contribution >= 0.6 is 12.4 Å². The van der Waals surface area contributed by atoms with E-state index in [9.17, 15) is 18.5 Å². The van der Waals surface area contributed by atoms with Crippen LogP contribution in [0.15, 0.2) is 23.1 Å². The molecule has 0 aliphatic carbocycles. The molecule has 9 heteroatoms. The average Bonchev–Trinajstić information content (AvgIpc) is 2.91. The molecule has 1 atom stereocenters. The van der Waals surface area contributed by atoms with Crippen molar-refractivity contribution in [2.45, 2.75) is 24.7 Å². The summed E-state index contributed by atoms with van der Waals surface area (Å²) in [7, 11) is -3.71. The zero-order valence-electron chi connectivity index (χ0n) is 12.2. The summed E-state index contributed by atoms with van der Waals surface area (Å²) in [6, 6.07) is 4.08. The van der Waals surface area contributed by atoms with E-state index in [4.69, 9.17) is 0 Å². The van der Waals surface area contributed by atoms with Gasteiger partial charge in [-0.2, -0.15) is 0 Å². The van der Waals surface area contributed by atoms with E-state index >= 15 is 0 Å². The van der Waals surface area contributed by atoms with E-state index in [0.717, 1.165) is 25.9 Å². The Morgan fingerprint density at radius 3 is 2.77 bits per heavy atom. The topological polar surface area (TPSA) is 101 Å². The Labute approximate surface area is 136 Å². The van der Waals surface area contributed by atoms with Crippen LogP contribution in [0.4, 0.5) is 5.69 Å². The molecule has 0 radical (unpaired) electrons. The van der Waals surface area contributed by atoms with E-state index in [1.165, 1.54) is 25.1 Å². The molecule has 0 aromatic heterocycles. The molecule has 22 heavy (non-hydrogen) atoms. The minimum absolute atomic E-state index is 0. The molecule has 0 spiro atoms. The molecule has 124 valence electrons. The van der Waals surface area contributed by atoms with Gasteiger partial charge in [0.15, 0.2) is 0 Å². The maximum absolute atomic E-state index is 12.3. The third-order valence-corrected chi connectivity index (χ3v) is 5.35. The van der Waals surface area contributed by atoms with Crippen molar-refractivity contribution >= 4 is 28.1 Å². The van der Waals surface area contributed by atoms with Crippen LogP contribution in [0.5, 0.6) is 0 Å². The summed E-state index contributed by atoms with van der Waals surface area (Å²) in [5, 5.41) is 14.1. The number of nitrogens with one attached hydrogen (secondary N) is 2. The number of nitro benzene ring substituents is 1. The lowest BCUT2D eigenvalue weighted by Gasteiger charge is -2.11. The molecule has 7 nitrogen and oxygen atoms in total. The molecular weight excluding hydrogens is 330 g/mol. The Morgan fingerprint density at radius 1 is 1.45 bits per heavy atom. The second kappa shape index (κ2) is 7.87. The number of hydrogen-bond acceptors (Lipinski definition) is 5. The van der Waals surface area contributed by atoms with E-state index in [0.29, 0.717) is 12.5 Å². The largest absolute Gasteiger partial charge is 0.316 e. The first-order valence-electron chi connectivity index (χ1n) is 6.86. The summed E-state index contributed by atoms with van der Waals surface area (Å²) in [6.45, 7) is 3.68. The molecule has 1 aromatic rings. The lowest BCUT2D eigenvalue weighted by molar-refractivity contribution is -0.385. The normalized spacial score (nSPS) is 18.0. The van der Waals surface area contributed by atoms with Crippen LogP contribution in [-0.2, 0) is 10.0 Å². The SMILES string of the molecule is Cc1c([N+](=O)[O-])cccc1S(=O)(=O)NCCC1CCNC1.Cl. The van der Waals surface area contributed by atoms with Crippen molar-refractivity contribution in [2.24, 2.45) is 5.92 Å². The predicted molar refractivity (Wildman–Crippen MR) is 85.9 cm³/mol. The van der Waals surface area contributed by atoms with Crippen molar-refractivity contribution < 1.29 is 13.3 Å². The molecule has 0 bridgehead atoms. The fourth-order valence-electron chi connectivity index (χ4n) is 2.53. The molecule has 0 saturated carbocycles. The smallest absolute Gasteiger partial charge is 0.273 e. The van der Waals surface area contributed by atoms with Crippen LogP contribution in [0.2, 0.25) is 0 Å². The highest BCUT2D eigenvalue weighted by Gasteiger charge is 2.23. The third kappa shape index (κ3) is 4.39. The summed E-state index contributed by atoms with van der Waals surface area (Å²) in [4.78, 5) is 10.3. The van der Waals surface area contributed by atoms with Gasteiger partial charge in [-0.25, -0.2) is 13.1 Å². The average molecular weight is 350 g/mol. The van der Waals surface area contributed by atoms with Gasteiger partial charge in [0, 0.05) is 18.2 Å². The van der Waals surface area contributed by atoms with Gasteiger partial charge in [-0.15, -0.1) is 12.4 Å². The van der Waals surface area contributed by atoms with Crippen LogP contribution in [0.25, 0.3) is 0 Å². The summed E-state index contributed by atoms with van der Waals surface area (Å²) in [5.41, 5.74) is -0.0181. The molecule has 1 heterocycles. The molecule has 0 amide bonds. The Hall–Kier alpha value is -1.22. The van der Waals surface area contributed by atoms with Gasteiger partial charge >= 0.3 is 0 Å². The van der Waals surface area contributed by atoms with Crippen molar-refractivity contribution in [1.82, 2.24) is 10.0 Å². The van der Waals surface area contributed by atoms with Gasteiger partial charge < -0.3 is 5.32 Å². The van der Waals surface area contributed by atoms with Gasteiger partial charge in [-0.05, 0) is 44.8 Å². The number of rotatable bonds is 6. The zero-order chi connectivity index (χ0) is 15.5. The Kier molecular flexibility index (Phi) is 6.73. The predicted octanol–water partition coefficient (Wildman–Crippen LogP) is 1.60. The van der Waals surface area contributed by atoms with Gasteiger partial charge in [-0.3, -0.25) is 10.1 Å². The molecule has 1 saturated heterocycles. The van der Waals surface area contributed by atoms with Crippen LogP contribution in [0, 0.1) is 23.0 Å². The van der Waals surface area contributed by atoms with Crippen molar-refractivity contribution in [1.29, 1.82) is 0 Å². The van der Waals surface area contributed by atoms with Crippen LogP contribution in [-0.4, -0.2) is 33.0 Å². The minimum Gasteiger partial charge on any atom is -0.316 e.